The summed E-state index contributed by atoms with van der Waals surface area (Å²) in [5.41, 5.74) is 5.62. The molecule has 2 aliphatic heterocycles. The second-order valence-corrected chi connectivity index (χ2v) is 17.0. The fourth-order valence-corrected chi connectivity index (χ4v) is 8.50. The Kier molecular flexibility index (Phi) is 15.6. The van der Waals surface area contributed by atoms with E-state index >= 15 is 0 Å². The number of carbonyl (C=O) groups is 4. The third-order valence-corrected chi connectivity index (χ3v) is 12.3. The fraction of sp³-hybridized carbons (Fsp3) is 0.375. The average Bonchev–Trinajstić information content (AvgIpc) is 3.25. The molecule has 0 N–H and O–H groups in total. The van der Waals surface area contributed by atoms with E-state index in [9.17, 15) is 19.2 Å². The summed E-state index contributed by atoms with van der Waals surface area (Å²) in [5, 5.41) is 4.41. The standard InChI is InChI=1S/C48H54Cl2N4O6/c1-51(2)41-17-9-33(10-18-41)43(31-45(55)37-5-13-39(49)14-6-37)35-23-27-53(28-24-35)59-47(57)21-22-48(58)60-54-29-25-36(26-30-54)44(34-11-19-42(20-12-34)52(3)4)32-46(56)38-7-15-40(50)16-8-38/h5-22,35-36,43-44H,23-32H2,1-4H3/b22-21+. The van der Waals surface area contributed by atoms with Gasteiger partial charge in [-0.1, -0.05) is 47.5 Å². The normalized spacial score (nSPS) is 16.6. The summed E-state index contributed by atoms with van der Waals surface area (Å²) in [6.45, 7) is 1.99. The number of Topliss-reactive ketones (excluding diaryl/α,β-unsaturated/α-hetero) is 2. The number of rotatable bonds is 16. The van der Waals surface area contributed by atoms with Crippen LogP contribution in [0.5, 0.6) is 0 Å². The molecule has 316 valence electrons. The van der Waals surface area contributed by atoms with E-state index < -0.39 is 11.9 Å². The number of halogens is 2. The van der Waals surface area contributed by atoms with Crippen molar-refractivity contribution in [2.75, 3.05) is 64.2 Å². The van der Waals surface area contributed by atoms with E-state index in [1.165, 1.54) is 0 Å². The Bertz CT molecular complexity index is 1940. The Morgan fingerprint density at radius 3 is 1.17 bits per heavy atom. The van der Waals surface area contributed by atoms with Crippen LogP contribution >= 0.6 is 23.2 Å². The Morgan fingerprint density at radius 1 is 0.550 bits per heavy atom. The molecule has 0 bridgehead atoms. The number of nitrogens with zero attached hydrogens (tertiary/aromatic N) is 4. The molecule has 0 aromatic heterocycles. The number of anilines is 2. The molecule has 6 rings (SSSR count). The van der Waals surface area contributed by atoms with Crippen LogP contribution in [0.3, 0.4) is 0 Å². The highest BCUT2D eigenvalue weighted by atomic mass is 35.5. The highest BCUT2D eigenvalue weighted by molar-refractivity contribution is 6.31. The summed E-state index contributed by atoms with van der Waals surface area (Å²) in [4.78, 5) is 67.8. The van der Waals surface area contributed by atoms with Crippen LogP contribution in [0.15, 0.2) is 109 Å². The van der Waals surface area contributed by atoms with E-state index in [2.05, 4.69) is 48.5 Å². The van der Waals surface area contributed by atoms with Gasteiger partial charge in [-0.3, -0.25) is 9.59 Å². The van der Waals surface area contributed by atoms with Gasteiger partial charge >= 0.3 is 11.9 Å². The molecule has 10 nitrogen and oxygen atoms in total. The number of hydrogen-bond donors (Lipinski definition) is 0. The molecule has 4 aromatic carbocycles. The Hall–Kier alpha value is -5.00. The van der Waals surface area contributed by atoms with Crippen molar-refractivity contribution in [3.63, 3.8) is 0 Å². The molecule has 4 aromatic rings. The molecule has 2 aliphatic rings. The second-order valence-electron chi connectivity index (χ2n) is 16.1. The summed E-state index contributed by atoms with van der Waals surface area (Å²) in [5.74, 6) is -0.852. The number of hydroxylamine groups is 4. The quantitative estimate of drug-likeness (QED) is 0.0801. The van der Waals surface area contributed by atoms with E-state index in [0.29, 0.717) is 60.2 Å². The molecule has 2 atom stereocenters. The molecular formula is C48H54Cl2N4O6. The number of benzene rings is 4. The van der Waals surface area contributed by atoms with Gasteiger partial charge < -0.3 is 19.5 Å². The summed E-state index contributed by atoms with van der Waals surface area (Å²) in [6.07, 6.45) is 5.78. The minimum Gasteiger partial charge on any atom is -0.378 e. The van der Waals surface area contributed by atoms with Crippen molar-refractivity contribution in [3.8, 4) is 0 Å². The number of ketones is 2. The summed E-state index contributed by atoms with van der Waals surface area (Å²) in [7, 11) is 7.98. The fourth-order valence-electron chi connectivity index (χ4n) is 8.25. The van der Waals surface area contributed by atoms with E-state index in [-0.39, 0.29) is 35.2 Å². The summed E-state index contributed by atoms with van der Waals surface area (Å²) >= 11 is 12.2. The van der Waals surface area contributed by atoms with Crippen molar-refractivity contribution in [2.24, 2.45) is 11.8 Å². The highest BCUT2D eigenvalue weighted by Gasteiger charge is 2.33. The molecule has 0 saturated carbocycles. The summed E-state index contributed by atoms with van der Waals surface area (Å²) in [6, 6.07) is 30.7. The zero-order chi connectivity index (χ0) is 42.8. The molecule has 0 spiro atoms. The van der Waals surface area contributed by atoms with Gasteiger partial charge in [-0.25, -0.2) is 9.59 Å². The van der Waals surface area contributed by atoms with Crippen molar-refractivity contribution in [2.45, 2.75) is 50.4 Å². The average molecular weight is 854 g/mol. The first-order valence-electron chi connectivity index (χ1n) is 20.6. The predicted octanol–water partition coefficient (Wildman–Crippen LogP) is 9.44. The topological polar surface area (TPSA) is 99.7 Å². The highest BCUT2D eigenvalue weighted by Crippen LogP contribution is 2.39. The summed E-state index contributed by atoms with van der Waals surface area (Å²) < 4.78 is 0. The minimum atomic E-state index is -0.661. The van der Waals surface area contributed by atoms with Gasteiger partial charge in [0, 0.05) is 112 Å². The largest absolute Gasteiger partial charge is 0.378 e. The molecule has 2 heterocycles. The zero-order valence-corrected chi connectivity index (χ0v) is 36.3. The molecule has 0 radical (unpaired) electrons. The van der Waals surface area contributed by atoms with Gasteiger partial charge in [0.2, 0.25) is 0 Å². The maximum Gasteiger partial charge on any atom is 0.349 e. The van der Waals surface area contributed by atoms with Crippen LogP contribution in [0, 0.1) is 11.8 Å². The van der Waals surface area contributed by atoms with Crippen LogP contribution in [0.25, 0.3) is 0 Å². The van der Waals surface area contributed by atoms with Gasteiger partial charge in [-0.05, 0) is 133 Å². The molecule has 2 saturated heterocycles. The van der Waals surface area contributed by atoms with Crippen molar-refractivity contribution in [3.05, 3.63) is 142 Å². The first-order valence-corrected chi connectivity index (χ1v) is 21.3. The zero-order valence-electron chi connectivity index (χ0n) is 34.8. The van der Waals surface area contributed by atoms with Gasteiger partial charge in [0.05, 0.1) is 0 Å². The van der Waals surface area contributed by atoms with E-state index in [0.717, 1.165) is 60.3 Å². The smallest absolute Gasteiger partial charge is 0.349 e. The SMILES string of the molecule is CN(C)c1ccc(C(CC(=O)c2ccc(Cl)cc2)C2CCN(OC(=O)/C=C/C(=O)ON3CCC(C(CC(=O)c4ccc(Cl)cc4)c4ccc(N(C)C)cc4)CC3)CC2)cc1. The first kappa shape index (κ1) is 44.5. The van der Waals surface area contributed by atoms with Gasteiger partial charge in [0.15, 0.2) is 11.6 Å². The number of carbonyl (C=O) groups excluding carboxylic acids is 4. The Morgan fingerprint density at radius 2 is 0.867 bits per heavy atom. The van der Waals surface area contributed by atoms with Gasteiger partial charge in [0.1, 0.15) is 0 Å². The maximum absolute atomic E-state index is 13.4. The van der Waals surface area contributed by atoms with Crippen molar-refractivity contribution in [1.82, 2.24) is 10.1 Å². The molecular weight excluding hydrogens is 799 g/mol. The monoisotopic (exact) mass is 852 g/mol. The lowest BCUT2D eigenvalue weighted by Gasteiger charge is -2.35. The number of piperidine rings is 2. The van der Waals surface area contributed by atoms with Crippen molar-refractivity contribution in [1.29, 1.82) is 0 Å². The third-order valence-electron chi connectivity index (χ3n) is 11.7. The lowest BCUT2D eigenvalue weighted by Crippen LogP contribution is -2.37. The third kappa shape index (κ3) is 12.3. The Labute approximate surface area is 363 Å². The van der Waals surface area contributed by atoms with Crippen LogP contribution in [0.2, 0.25) is 10.0 Å². The molecule has 2 fully saturated rings. The van der Waals surface area contributed by atoms with E-state index in [1.54, 1.807) is 58.7 Å². The van der Waals surface area contributed by atoms with Crippen molar-refractivity contribution < 1.29 is 28.9 Å². The van der Waals surface area contributed by atoms with Gasteiger partial charge in [0.25, 0.3) is 0 Å². The van der Waals surface area contributed by atoms with Gasteiger partial charge in [-0.2, -0.15) is 0 Å². The predicted molar refractivity (Wildman–Crippen MR) is 238 cm³/mol. The first-order chi connectivity index (χ1) is 28.8. The van der Waals surface area contributed by atoms with Gasteiger partial charge in [-0.15, -0.1) is 10.1 Å². The van der Waals surface area contributed by atoms with E-state index in [1.807, 2.05) is 38.0 Å². The maximum atomic E-state index is 13.4. The van der Waals surface area contributed by atoms with Crippen LogP contribution in [0.4, 0.5) is 11.4 Å². The molecule has 60 heavy (non-hydrogen) atoms. The van der Waals surface area contributed by atoms with E-state index in [4.69, 9.17) is 32.9 Å². The molecule has 2 unspecified atom stereocenters. The molecule has 12 heteroatoms. The minimum absolute atomic E-state index is 0.0145. The van der Waals surface area contributed by atoms with Crippen LogP contribution in [0.1, 0.15) is 82.2 Å². The van der Waals surface area contributed by atoms with Crippen LogP contribution < -0.4 is 9.80 Å². The Balaban J connectivity index is 0.990. The lowest BCUT2D eigenvalue weighted by atomic mass is 9.77. The lowest BCUT2D eigenvalue weighted by molar-refractivity contribution is -0.193. The molecule has 0 amide bonds. The second kappa shape index (κ2) is 21.0. The van der Waals surface area contributed by atoms with Crippen molar-refractivity contribution >= 4 is 58.1 Å². The van der Waals surface area contributed by atoms with Crippen LogP contribution in [-0.2, 0) is 19.3 Å². The van der Waals surface area contributed by atoms with Crippen LogP contribution in [-0.4, -0.2) is 88.0 Å². The molecule has 0 aliphatic carbocycles. The number of hydrogen-bond acceptors (Lipinski definition) is 10.